The van der Waals surface area contributed by atoms with Crippen molar-refractivity contribution in [1.82, 2.24) is 19.7 Å². The van der Waals surface area contributed by atoms with E-state index >= 15 is 4.39 Å². The van der Waals surface area contributed by atoms with Gasteiger partial charge in [0.25, 0.3) is 0 Å². The van der Waals surface area contributed by atoms with Crippen LogP contribution in [0, 0.1) is 5.82 Å². The monoisotopic (exact) mass is 496 g/mol. The van der Waals surface area contributed by atoms with Crippen LogP contribution in [0.5, 0.6) is 5.75 Å². The summed E-state index contributed by atoms with van der Waals surface area (Å²) in [6, 6.07) is 20.1. The molecular formula is C29H29FN6O. The number of benzene rings is 3. The maximum atomic E-state index is 15.7. The average Bonchev–Trinajstić information content (AvgIpc) is 3.30. The number of hydrogen-bond acceptors (Lipinski definition) is 6. The predicted molar refractivity (Wildman–Crippen MR) is 145 cm³/mol. The lowest BCUT2D eigenvalue weighted by atomic mass is 9.99. The van der Waals surface area contributed by atoms with Gasteiger partial charge in [0.1, 0.15) is 23.4 Å². The lowest BCUT2D eigenvalue weighted by Crippen LogP contribution is -2.19. The fourth-order valence-electron chi connectivity index (χ4n) is 4.50. The molecule has 1 atom stereocenters. The Morgan fingerprint density at radius 3 is 2.62 bits per heavy atom. The van der Waals surface area contributed by atoms with Gasteiger partial charge in [0.05, 0.1) is 6.61 Å². The van der Waals surface area contributed by atoms with Gasteiger partial charge in [0.15, 0.2) is 11.6 Å². The number of ether oxygens (including phenoxy) is 1. The second-order valence-corrected chi connectivity index (χ2v) is 8.76. The number of nitrogens with zero attached hydrogens (tertiary/aromatic N) is 4. The maximum absolute atomic E-state index is 15.7. The minimum absolute atomic E-state index is 0.378. The summed E-state index contributed by atoms with van der Waals surface area (Å²) in [5, 5.41) is 9.94. The van der Waals surface area contributed by atoms with Crippen molar-refractivity contribution < 1.29 is 9.13 Å². The van der Waals surface area contributed by atoms with Crippen molar-refractivity contribution >= 4 is 22.3 Å². The Kier molecular flexibility index (Phi) is 6.72. The first-order valence-electron chi connectivity index (χ1n) is 12.3. The van der Waals surface area contributed by atoms with Crippen molar-refractivity contribution in [2.75, 3.05) is 17.7 Å². The van der Waals surface area contributed by atoms with Crippen LogP contribution < -0.4 is 15.8 Å². The first-order chi connectivity index (χ1) is 18.0. The number of nitrogens with two attached hydrogens (primary N) is 1. The van der Waals surface area contributed by atoms with Gasteiger partial charge in [-0.15, -0.1) is 0 Å². The fraction of sp³-hybridized carbons (Fsp3) is 0.207. The summed E-state index contributed by atoms with van der Waals surface area (Å²) in [6.45, 7) is 4.38. The number of nitrogens with one attached hydrogen (secondary N) is 1. The van der Waals surface area contributed by atoms with Gasteiger partial charge in [-0.1, -0.05) is 37.3 Å². The van der Waals surface area contributed by atoms with Gasteiger partial charge in [-0.25, -0.2) is 14.4 Å². The van der Waals surface area contributed by atoms with E-state index in [0.29, 0.717) is 41.8 Å². The van der Waals surface area contributed by atoms with E-state index in [1.807, 2.05) is 81.6 Å². The Labute approximate surface area is 215 Å². The highest BCUT2D eigenvalue weighted by atomic mass is 19.1. The van der Waals surface area contributed by atoms with Gasteiger partial charge in [-0.2, -0.15) is 5.10 Å². The smallest absolute Gasteiger partial charge is 0.181 e. The summed E-state index contributed by atoms with van der Waals surface area (Å²) in [4.78, 5) is 9.01. The zero-order valence-electron chi connectivity index (χ0n) is 21.1. The zero-order chi connectivity index (χ0) is 25.9. The Hall–Kier alpha value is -4.46. The van der Waals surface area contributed by atoms with Gasteiger partial charge >= 0.3 is 0 Å². The van der Waals surface area contributed by atoms with Crippen molar-refractivity contribution in [3.8, 4) is 17.1 Å². The molecule has 37 heavy (non-hydrogen) atoms. The molecule has 3 aromatic carbocycles. The summed E-state index contributed by atoms with van der Waals surface area (Å²) in [5.74, 6) is 1.80. The molecule has 0 saturated carbocycles. The lowest BCUT2D eigenvalue weighted by molar-refractivity contribution is 0.334. The predicted octanol–water partition coefficient (Wildman–Crippen LogP) is 5.91. The van der Waals surface area contributed by atoms with Crippen molar-refractivity contribution in [1.29, 1.82) is 0 Å². The highest BCUT2D eigenvalue weighted by molar-refractivity contribution is 5.92. The molecular weight excluding hydrogens is 467 g/mol. The van der Waals surface area contributed by atoms with Gasteiger partial charge in [0.2, 0.25) is 0 Å². The van der Waals surface area contributed by atoms with E-state index in [1.54, 1.807) is 10.9 Å². The molecule has 0 aliphatic rings. The molecule has 2 aromatic heterocycles. The number of anilines is 2. The van der Waals surface area contributed by atoms with Crippen molar-refractivity contribution in [2.24, 2.45) is 7.05 Å². The zero-order valence-corrected chi connectivity index (χ0v) is 21.1. The van der Waals surface area contributed by atoms with Crippen LogP contribution in [-0.2, 0) is 13.5 Å². The van der Waals surface area contributed by atoms with E-state index in [4.69, 9.17) is 15.5 Å². The highest BCUT2D eigenvalue weighted by Crippen LogP contribution is 2.34. The molecule has 0 fully saturated rings. The molecule has 1 unspecified atom stereocenters. The van der Waals surface area contributed by atoms with E-state index in [1.165, 1.54) is 6.07 Å². The minimum Gasteiger partial charge on any atom is -0.493 e. The second kappa shape index (κ2) is 10.3. The Morgan fingerprint density at radius 1 is 1.05 bits per heavy atom. The van der Waals surface area contributed by atoms with Gasteiger partial charge < -0.3 is 15.8 Å². The molecule has 5 rings (SSSR count). The summed E-state index contributed by atoms with van der Waals surface area (Å²) in [5.41, 5.74) is 9.11. The van der Waals surface area contributed by atoms with Gasteiger partial charge in [-0.05, 0) is 54.6 Å². The van der Waals surface area contributed by atoms with Crippen LogP contribution in [-0.4, -0.2) is 26.4 Å². The molecule has 0 radical (unpaired) electrons. The molecule has 0 spiro atoms. The number of nitrogen functional groups attached to an aromatic ring is 1. The van der Waals surface area contributed by atoms with Crippen molar-refractivity contribution in [3.63, 3.8) is 0 Å². The maximum Gasteiger partial charge on any atom is 0.181 e. The third-order valence-electron chi connectivity index (χ3n) is 6.36. The molecule has 0 aliphatic carbocycles. The number of fused-ring (bicyclic) bond motifs is 1. The van der Waals surface area contributed by atoms with Gasteiger partial charge in [-0.3, -0.25) is 4.68 Å². The lowest BCUT2D eigenvalue weighted by Gasteiger charge is -2.22. The van der Waals surface area contributed by atoms with E-state index in [2.05, 4.69) is 15.4 Å². The first-order valence-corrected chi connectivity index (χ1v) is 12.3. The molecule has 0 bridgehead atoms. The van der Waals surface area contributed by atoms with Crippen LogP contribution in [0.2, 0.25) is 0 Å². The summed E-state index contributed by atoms with van der Waals surface area (Å²) in [6.07, 6.45) is 2.37. The topological polar surface area (TPSA) is 90.9 Å². The third-order valence-corrected chi connectivity index (χ3v) is 6.36. The quantitative estimate of drug-likeness (QED) is 0.277. The second-order valence-electron chi connectivity index (χ2n) is 8.76. The summed E-state index contributed by atoms with van der Waals surface area (Å²) in [7, 11) is 1.82. The highest BCUT2D eigenvalue weighted by Gasteiger charge is 2.26. The number of rotatable bonds is 8. The summed E-state index contributed by atoms with van der Waals surface area (Å²) < 4.78 is 23.1. The molecule has 0 saturated heterocycles. The van der Waals surface area contributed by atoms with Crippen LogP contribution in [0.1, 0.15) is 36.8 Å². The van der Waals surface area contributed by atoms with Crippen molar-refractivity contribution in [3.05, 3.63) is 95.7 Å². The third kappa shape index (κ3) is 4.82. The SMILES string of the molecule is CCOc1cc(F)c(C(Nc2ccc3c(N)nccc3c2)c2nc(-c3ccccc3)nn2C)cc1CC. The number of aryl methyl sites for hydroxylation is 2. The number of hydrogen-bond donors (Lipinski definition) is 2. The van der Waals surface area contributed by atoms with Crippen LogP contribution in [0.15, 0.2) is 72.9 Å². The van der Waals surface area contributed by atoms with Gasteiger partial charge in [0, 0.05) is 41.5 Å². The van der Waals surface area contributed by atoms with Crippen LogP contribution >= 0.6 is 0 Å². The van der Waals surface area contributed by atoms with E-state index in [9.17, 15) is 0 Å². The molecule has 188 valence electrons. The fourth-order valence-corrected chi connectivity index (χ4v) is 4.50. The normalized spacial score (nSPS) is 12.0. The Morgan fingerprint density at radius 2 is 1.86 bits per heavy atom. The largest absolute Gasteiger partial charge is 0.493 e. The molecule has 7 nitrogen and oxygen atoms in total. The Balaban J connectivity index is 1.64. The molecule has 0 amide bonds. The van der Waals surface area contributed by atoms with E-state index in [-0.39, 0.29) is 5.82 Å². The van der Waals surface area contributed by atoms with Crippen molar-refractivity contribution in [2.45, 2.75) is 26.3 Å². The summed E-state index contributed by atoms with van der Waals surface area (Å²) >= 11 is 0. The Bertz CT molecular complexity index is 1550. The first kappa shape index (κ1) is 24.2. The molecule has 0 aliphatic heterocycles. The molecule has 8 heteroatoms. The minimum atomic E-state index is -0.618. The number of aromatic nitrogens is 4. The van der Waals surface area contributed by atoms with Crippen LogP contribution in [0.4, 0.5) is 15.9 Å². The standard InChI is InChI=1S/C29H29FN6O/c1-4-18-16-23(24(30)17-25(18)37-5-2)26(29-34-28(35-36(29)3)19-9-7-6-8-10-19)33-21-11-12-22-20(15-21)13-14-32-27(22)31/h6-17,26,33H,4-5H2,1-3H3,(H2,31,32). The van der Waals surface area contributed by atoms with E-state index < -0.39 is 6.04 Å². The van der Waals surface area contributed by atoms with E-state index in [0.717, 1.165) is 27.6 Å². The number of halogens is 1. The number of pyridine rings is 1. The average molecular weight is 497 g/mol. The molecule has 2 heterocycles. The molecule has 5 aromatic rings. The molecule has 3 N–H and O–H groups in total. The van der Waals surface area contributed by atoms with Crippen LogP contribution in [0.3, 0.4) is 0 Å². The van der Waals surface area contributed by atoms with Crippen LogP contribution in [0.25, 0.3) is 22.2 Å².